The van der Waals surface area contributed by atoms with Crippen molar-refractivity contribution in [2.75, 3.05) is 0 Å². The highest BCUT2D eigenvalue weighted by molar-refractivity contribution is 6.25. The first-order valence-electron chi connectivity index (χ1n) is 12.5. The van der Waals surface area contributed by atoms with Gasteiger partial charge in [0, 0.05) is 33.4 Å². The van der Waals surface area contributed by atoms with Crippen molar-refractivity contribution in [2.24, 2.45) is 0 Å². The Balaban J connectivity index is 1.72. The summed E-state index contributed by atoms with van der Waals surface area (Å²) < 4.78 is 6.51. The SMILES string of the molecule is Cc1cnc2c(c1C)C(C)(C)C(C)(C)c1c-2ccc2oc3ccc4c5ccccc5ccc4c3c12. The van der Waals surface area contributed by atoms with Crippen molar-refractivity contribution in [1.82, 2.24) is 4.98 Å². The fourth-order valence-corrected chi connectivity index (χ4v) is 6.58. The van der Waals surface area contributed by atoms with Gasteiger partial charge in [-0.3, -0.25) is 4.98 Å². The lowest BCUT2D eigenvalue weighted by atomic mass is 9.54. The van der Waals surface area contributed by atoms with Crippen LogP contribution in [0.1, 0.15) is 49.9 Å². The molecule has 2 heterocycles. The van der Waals surface area contributed by atoms with Crippen LogP contribution in [0.4, 0.5) is 0 Å². The van der Waals surface area contributed by atoms with Gasteiger partial charge in [0.25, 0.3) is 0 Å². The fourth-order valence-electron chi connectivity index (χ4n) is 6.58. The summed E-state index contributed by atoms with van der Waals surface area (Å²) in [6.45, 7) is 14.0. The smallest absolute Gasteiger partial charge is 0.136 e. The molecule has 0 spiro atoms. The average molecular weight is 456 g/mol. The molecule has 2 nitrogen and oxygen atoms in total. The Kier molecular flexibility index (Phi) is 3.85. The Morgan fingerprint density at radius 3 is 2.17 bits per heavy atom. The van der Waals surface area contributed by atoms with Crippen LogP contribution >= 0.6 is 0 Å². The lowest BCUT2D eigenvalue weighted by molar-refractivity contribution is 0.299. The summed E-state index contributed by atoms with van der Waals surface area (Å²) in [5.41, 5.74) is 9.35. The van der Waals surface area contributed by atoms with Crippen LogP contribution in [0.15, 0.2) is 71.3 Å². The van der Waals surface area contributed by atoms with Crippen molar-refractivity contribution in [3.63, 3.8) is 0 Å². The van der Waals surface area contributed by atoms with E-state index in [0.717, 1.165) is 16.9 Å². The fraction of sp³-hybridized carbons (Fsp3) is 0.242. The summed E-state index contributed by atoms with van der Waals surface area (Å²) in [6, 6.07) is 21.9. The molecule has 0 saturated carbocycles. The van der Waals surface area contributed by atoms with E-state index in [4.69, 9.17) is 9.40 Å². The van der Waals surface area contributed by atoms with Gasteiger partial charge in [0.1, 0.15) is 11.2 Å². The number of fused-ring (bicyclic) bond motifs is 11. The van der Waals surface area contributed by atoms with Crippen LogP contribution in [0.5, 0.6) is 0 Å². The van der Waals surface area contributed by atoms with Gasteiger partial charge in [0.05, 0.1) is 5.69 Å². The zero-order valence-electron chi connectivity index (χ0n) is 21.2. The van der Waals surface area contributed by atoms with Crippen LogP contribution in [0.3, 0.4) is 0 Å². The lowest BCUT2D eigenvalue weighted by Crippen LogP contribution is -2.44. The maximum atomic E-state index is 6.51. The van der Waals surface area contributed by atoms with Crippen LogP contribution in [-0.4, -0.2) is 4.98 Å². The van der Waals surface area contributed by atoms with E-state index in [1.807, 2.05) is 6.20 Å². The zero-order valence-corrected chi connectivity index (χ0v) is 21.2. The molecule has 0 atom stereocenters. The highest BCUT2D eigenvalue weighted by Gasteiger charge is 2.48. The van der Waals surface area contributed by atoms with E-state index < -0.39 is 0 Å². The molecule has 1 aliphatic carbocycles. The van der Waals surface area contributed by atoms with Crippen molar-refractivity contribution in [3.05, 3.63) is 89.1 Å². The van der Waals surface area contributed by atoms with E-state index in [-0.39, 0.29) is 10.8 Å². The largest absolute Gasteiger partial charge is 0.456 e. The maximum absolute atomic E-state index is 6.51. The van der Waals surface area contributed by atoms with E-state index in [2.05, 4.69) is 102 Å². The quantitative estimate of drug-likeness (QED) is 0.213. The number of furan rings is 1. The van der Waals surface area contributed by atoms with Crippen LogP contribution < -0.4 is 0 Å². The van der Waals surface area contributed by atoms with Gasteiger partial charge in [0.2, 0.25) is 0 Å². The molecule has 1 aliphatic rings. The average Bonchev–Trinajstić information content (AvgIpc) is 3.23. The van der Waals surface area contributed by atoms with E-state index in [9.17, 15) is 0 Å². The number of aryl methyl sites for hydroxylation is 1. The van der Waals surface area contributed by atoms with Crippen LogP contribution in [-0.2, 0) is 10.8 Å². The normalized spacial score (nSPS) is 16.2. The van der Waals surface area contributed by atoms with Gasteiger partial charge >= 0.3 is 0 Å². The molecule has 2 heteroatoms. The second kappa shape index (κ2) is 6.51. The van der Waals surface area contributed by atoms with E-state index >= 15 is 0 Å². The van der Waals surface area contributed by atoms with Gasteiger partial charge in [-0.2, -0.15) is 0 Å². The van der Waals surface area contributed by atoms with Crippen molar-refractivity contribution >= 4 is 43.5 Å². The summed E-state index contributed by atoms with van der Waals surface area (Å²) >= 11 is 0. The first-order valence-corrected chi connectivity index (χ1v) is 12.5. The highest BCUT2D eigenvalue weighted by atomic mass is 16.3. The number of rotatable bonds is 0. The molecule has 0 unspecified atom stereocenters. The molecule has 0 radical (unpaired) electrons. The molecular formula is C33H29NO. The van der Waals surface area contributed by atoms with Crippen molar-refractivity contribution in [1.29, 1.82) is 0 Å². The standard InChI is InChI=1S/C33H29NO/c1-18-17-34-31-24-14-16-26-28(30(24)33(5,6)32(3,4)29(31)19(18)2)27-23-12-11-20-9-7-8-10-21(20)22(23)13-15-25(27)35-26/h7-17H,1-6H3. The zero-order chi connectivity index (χ0) is 24.3. The summed E-state index contributed by atoms with van der Waals surface area (Å²) in [7, 11) is 0. The molecule has 0 N–H and O–H groups in total. The minimum atomic E-state index is -0.134. The molecule has 172 valence electrons. The molecule has 6 aromatic rings. The predicted molar refractivity (Wildman–Crippen MR) is 147 cm³/mol. The Bertz CT molecular complexity index is 1870. The number of nitrogens with zero attached hydrogens (tertiary/aromatic N) is 1. The molecule has 7 rings (SSSR count). The molecular weight excluding hydrogens is 426 g/mol. The van der Waals surface area contributed by atoms with Crippen LogP contribution in [0.2, 0.25) is 0 Å². The Labute approximate surface area is 205 Å². The summed E-state index contributed by atoms with van der Waals surface area (Å²) in [4.78, 5) is 5.03. The Morgan fingerprint density at radius 2 is 1.34 bits per heavy atom. The second-order valence-electron chi connectivity index (χ2n) is 11.3. The highest BCUT2D eigenvalue weighted by Crippen LogP contribution is 2.57. The van der Waals surface area contributed by atoms with Gasteiger partial charge < -0.3 is 4.42 Å². The Morgan fingerprint density at radius 1 is 0.657 bits per heavy atom. The molecule has 4 aromatic carbocycles. The summed E-state index contributed by atoms with van der Waals surface area (Å²) in [6.07, 6.45) is 2.03. The molecule has 0 fully saturated rings. The molecule has 0 bridgehead atoms. The Hall–Kier alpha value is -3.65. The minimum absolute atomic E-state index is 0.104. The van der Waals surface area contributed by atoms with E-state index in [1.54, 1.807) is 0 Å². The van der Waals surface area contributed by atoms with Gasteiger partial charge in [-0.15, -0.1) is 0 Å². The van der Waals surface area contributed by atoms with E-state index in [0.29, 0.717) is 0 Å². The molecule has 2 aromatic heterocycles. The molecule has 0 saturated heterocycles. The summed E-state index contributed by atoms with van der Waals surface area (Å²) in [5, 5.41) is 7.52. The minimum Gasteiger partial charge on any atom is -0.456 e. The van der Waals surface area contributed by atoms with Gasteiger partial charge in [-0.1, -0.05) is 70.2 Å². The number of aromatic nitrogens is 1. The van der Waals surface area contributed by atoms with Crippen molar-refractivity contribution < 1.29 is 4.42 Å². The van der Waals surface area contributed by atoms with Gasteiger partial charge in [0.15, 0.2) is 0 Å². The number of pyridine rings is 1. The monoisotopic (exact) mass is 455 g/mol. The topological polar surface area (TPSA) is 26.0 Å². The molecule has 0 aliphatic heterocycles. The number of hydrogen-bond donors (Lipinski definition) is 0. The molecule has 0 amide bonds. The molecule has 35 heavy (non-hydrogen) atoms. The third-order valence-corrected chi connectivity index (χ3v) is 9.18. The second-order valence-corrected chi connectivity index (χ2v) is 11.3. The number of hydrogen-bond acceptors (Lipinski definition) is 2. The van der Waals surface area contributed by atoms with Gasteiger partial charge in [-0.25, -0.2) is 0 Å². The lowest BCUT2D eigenvalue weighted by Gasteiger charge is -2.49. The van der Waals surface area contributed by atoms with Crippen LogP contribution in [0, 0.1) is 13.8 Å². The third-order valence-electron chi connectivity index (χ3n) is 9.18. The van der Waals surface area contributed by atoms with Gasteiger partial charge in [-0.05, 0) is 75.8 Å². The van der Waals surface area contributed by atoms with E-state index in [1.165, 1.54) is 60.1 Å². The van der Waals surface area contributed by atoms with Crippen LogP contribution in [0.25, 0.3) is 54.7 Å². The van der Waals surface area contributed by atoms with Crippen molar-refractivity contribution in [2.45, 2.75) is 52.4 Å². The maximum Gasteiger partial charge on any atom is 0.136 e. The first-order chi connectivity index (χ1) is 16.7. The summed E-state index contributed by atoms with van der Waals surface area (Å²) in [5.74, 6) is 0. The predicted octanol–water partition coefficient (Wildman–Crippen LogP) is 9.14. The third kappa shape index (κ3) is 2.42. The van der Waals surface area contributed by atoms with Crippen molar-refractivity contribution in [3.8, 4) is 11.3 Å². The first kappa shape index (κ1) is 20.7. The number of benzene rings is 4.